The second kappa shape index (κ2) is 9.61. The number of aryl methyl sites for hydroxylation is 1. The largest absolute Gasteiger partial charge is 0.481 e. The summed E-state index contributed by atoms with van der Waals surface area (Å²) in [6, 6.07) is 6.60. The average Bonchev–Trinajstić information content (AvgIpc) is 3.34. The molecule has 2 saturated heterocycles. The molecular weight excluding hydrogens is 492 g/mol. The normalized spacial score (nSPS) is 24.1. The van der Waals surface area contributed by atoms with Crippen molar-refractivity contribution in [3.05, 3.63) is 53.2 Å². The maximum absolute atomic E-state index is 14.7. The lowest BCUT2D eigenvalue weighted by atomic mass is 9.69. The quantitative estimate of drug-likeness (QED) is 0.477. The highest BCUT2D eigenvalue weighted by Gasteiger charge is 2.49. The van der Waals surface area contributed by atoms with Crippen LogP contribution in [0, 0.1) is 11.6 Å². The van der Waals surface area contributed by atoms with Crippen molar-refractivity contribution in [3.63, 3.8) is 0 Å². The van der Waals surface area contributed by atoms with E-state index in [0.29, 0.717) is 65.5 Å². The minimum Gasteiger partial charge on any atom is -0.481 e. The molecule has 5 heterocycles. The van der Waals surface area contributed by atoms with Crippen LogP contribution in [0.15, 0.2) is 30.5 Å². The third-order valence-corrected chi connectivity index (χ3v) is 7.75. The number of nitrogens with one attached hydrogen (secondary N) is 1. The predicted molar refractivity (Wildman–Crippen MR) is 131 cm³/mol. The molecule has 36 heavy (non-hydrogen) atoms. The van der Waals surface area contributed by atoms with Gasteiger partial charge in [0.1, 0.15) is 11.6 Å². The predicted octanol–water partition coefficient (Wildman–Crippen LogP) is 4.87. The maximum atomic E-state index is 14.7. The van der Waals surface area contributed by atoms with Gasteiger partial charge in [-0.25, -0.2) is 13.8 Å². The molecule has 0 amide bonds. The molecule has 1 aliphatic carbocycles. The summed E-state index contributed by atoms with van der Waals surface area (Å²) >= 11 is 0. The molecule has 7 nitrogen and oxygen atoms in total. The van der Waals surface area contributed by atoms with Crippen LogP contribution < -0.4 is 19.5 Å². The Labute approximate surface area is 213 Å². The van der Waals surface area contributed by atoms with E-state index in [2.05, 4.69) is 15.3 Å². The standard InChI is InChI=1S/C26H27F2N3O4.ClH/c1-32-23-3-2-20-24(31-23)17(19(28)13-29-20)4-5-26-8-6-25(7-9-26,14-35-26)30-12-16-10-21-22(11-18(16)27)34-15-33-21;/h2-3,10-11,13,30H,4-9,12,14-15H2,1H3;1H. The van der Waals surface area contributed by atoms with Crippen LogP contribution in [0.4, 0.5) is 8.78 Å². The van der Waals surface area contributed by atoms with Crippen LogP contribution in [-0.2, 0) is 17.7 Å². The molecule has 192 valence electrons. The molecule has 7 rings (SSSR count). The van der Waals surface area contributed by atoms with Crippen LogP contribution >= 0.6 is 12.4 Å². The molecule has 10 heteroatoms. The molecule has 0 spiro atoms. The van der Waals surface area contributed by atoms with Crippen molar-refractivity contribution < 1.29 is 27.7 Å². The number of hydrogen-bond donors (Lipinski definition) is 1. The Morgan fingerprint density at radius 3 is 2.56 bits per heavy atom. The van der Waals surface area contributed by atoms with E-state index >= 15 is 0 Å². The zero-order valence-electron chi connectivity index (χ0n) is 19.9. The van der Waals surface area contributed by atoms with Gasteiger partial charge in [-0.3, -0.25) is 4.98 Å². The number of halogens is 3. The van der Waals surface area contributed by atoms with Crippen LogP contribution in [0.5, 0.6) is 17.4 Å². The average molecular weight is 520 g/mol. The molecule has 0 radical (unpaired) electrons. The Bertz CT molecular complexity index is 1270. The van der Waals surface area contributed by atoms with Crippen molar-refractivity contribution in [1.82, 2.24) is 15.3 Å². The monoisotopic (exact) mass is 519 g/mol. The summed E-state index contributed by atoms with van der Waals surface area (Å²) in [5.41, 5.74) is 1.81. The number of pyridine rings is 2. The Kier molecular flexibility index (Phi) is 6.65. The van der Waals surface area contributed by atoms with E-state index in [4.69, 9.17) is 18.9 Å². The van der Waals surface area contributed by atoms with Gasteiger partial charge in [-0.05, 0) is 50.7 Å². The van der Waals surface area contributed by atoms with Crippen molar-refractivity contribution in [2.75, 3.05) is 20.5 Å². The van der Waals surface area contributed by atoms with Gasteiger partial charge >= 0.3 is 0 Å². The van der Waals surface area contributed by atoms with Crippen LogP contribution in [0.25, 0.3) is 11.0 Å². The molecule has 3 aliphatic heterocycles. The molecule has 0 unspecified atom stereocenters. The lowest BCUT2D eigenvalue weighted by molar-refractivity contribution is -0.165. The van der Waals surface area contributed by atoms with E-state index in [-0.39, 0.29) is 42.0 Å². The van der Waals surface area contributed by atoms with E-state index < -0.39 is 0 Å². The van der Waals surface area contributed by atoms with Gasteiger partial charge in [0.2, 0.25) is 12.7 Å². The lowest BCUT2D eigenvalue weighted by Crippen LogP contribution is -2.61. The molecule has 1 N–H and O–H groups in total. The minimum atomic E-state index is -0.358. The Morgan fingerprint density at radius 1 is 1.06 bits per heavy atom. The number of ether oxygens (including phenoxy) is 4. The number of benzene rings is 1. The van der Waals surface area contributed by atoms with Crippen LogP contribution in [0.2, 0.25) is 0 Å². The molecule has 2 aromatic heterocycles. The van der Waals surface area contributed by atoms with Crippen molar-refractivity contribution in [3.8, 4) is 17.4 Å². The first-order valence-corrected chi connectivity index (χ1v) is 11.9. The first-order valence-electron chi connectivity index (χ1n) is 11.9. The summed E-state index contributed by atoms with van der Waals surface area (Å²) in [5, 5.41) is 3.55. The minimum absolute atomic E-state index is 0. The Hall–Kier alpha value is -2.75. The number of nitrogens with zero attached hydrogens (tertiary/aromatic N) is 2. The number of methoxy groups -OCH3 is 1. The van der Waals surface area contributed by atoms with Crippen molar-refractivity contribution in [2.24, 2.45) is 0 Å². The highest BCUT2D eigenvalue weighted by atomic mass is 35.5. The van der Waals surface area contributed by atoms with Crippen LogP contribution in [-0.4, -0.2) is 41.6 Å². The number of rotatable bonds is 7. The fraction of sp³-hybridized carbons (Fsp3) is 0.462. The van der Waals surface area contributed by atoms with E-state index in [0.717, 1.165) is 25.7 Å². The van der Waals surface area contributed by atoms with Crippen molar-refractivity contribution in [1.29, 1.82) is 0 Å². The lowest BCUT2D eigenvalue weighted by Gasteiger charge is -2.53. The van der Waals surface area contributed by atoms with E-state index in [1.165, 1.54) is 12.3 Å². The van der Waals surface area contributed by atoms with E-state index in [1.54, 1.807) is 25.3 Å². The molecular formula is C26H28ClF2N3O4. The second-order valence-corrected chi connectivity index (χ2v) is 9.71. The molecule has 0 atom stereocenters. The van der Waals surface area contributed by atoms with Gasteiger partial charge in [0, 0.05) is 35.3 Å². The number of hydrogen-bond acceptors (Lipinski definition) is 7. The Morgan fingerprint density at radius 2 is 1.83 bits per heavy atom. The van der Waals surface area contributed by atoms with Gasteiger partial charge < -0.3 is 24.3 Å². The van der Waals surface area contributed by atoms with Gasteiger partial charge in [-0.2, -0.15) is 0 Å². The highest BCUT2D eigenvalue weighted by Crippen LogP contribution is 2.46. The van der Waals surface area contributed by atoms with Crippen LogP contribution in [0.3, 0.4) is 0 Å². The fourth-order valence-electron chi connectivity index (χ4n) is 5.47. The number of fused-ring (bicyclic) bond motifs is 5. The van der Waals surface area contributed by atoms with E-state index in [9.17, 15) is 8.78 Å². The maximum Gasteiger partial charge on any atom is 0.231 e. The summed E-state index contributed by atoms with van der Waals surface area (Å²) in [6.07, 6.45) is 6.05. The third kappa shape index (κ3) is 4.44. The molecule has 3 aromatic rings. The summed E-state index contributed by atoms with van der Waals surface area (Å²) in [5.74, 6) is 0.789. The topological polar surface area (TPSA) is 74.7 Å². The molecule has 2 bridgehead atoms. The van der Waals surface area contributed by atoms with Crippen molar-refractivity contribution in [2.45, 2.75) is 56.2 Å². The van der Waals surface area contributed by atoms with Gasteiger partial charge in [-0.1, -0.05) is 0 Å². The third-order valence-electron chi connectivity index (χ3n) is 7.75. The van der Waals surface area contributed by atoms with Gasteiger partial charge in [-0.15, -0.1) is 12.4 Å². The molecule has 4 aliphatic rings. The number of aromatic nitrogens is 2. The summed E-state index contributed by atoms with van der Waals surface area (Å²) in [4.78, 5) is 8.61. The molecule has 3 fully saturated rings. The van der Waals surface area contributed by atoms with Crippen molar-refractivity contribution >= 4 is 23.4 Å². The molecule has 1 aromatic carbocycles. The van der Waals surface area contributed by atoms with Crippen LogP contribution in [0.1, 0.15) is 43.2 Å². The second-order valence-electron chi connectivity index (χ2n) is 9.71. The first-order chi connectivity index (χ1) is 17.0. The zero-order valence-corrected chi connectivity index (χ0v) is 20.8. The Balaban J connectivity index is 0.00000267. The summed E-state index contributed by atoms with van der Waals surface area (Å²) in [7, 11) is 1.54. The highest BCUT2D eigenvalue weighted by molar-refractivity contribution is 5.85. The molecule has 1 saturated carbocycles. The van der Waals surface area contributed by atoms with Gasteiger partial charge in [0.05, 0.1) is 36.5 Å². The summed E-state index contributed by atoms with van der Waals surface area (Å²) in [6.45, 7) is 1.06. The smallest absolute Gasteiger partial charge is 0.231 e. The van der Waals surface area contributed by atoms with Gasteiger partial charge in [0.15, 0.2) is 11.5 Å². The SMILES string of the molecule is COc1ccc2ncc(F)c(CCC34CCC(NCc5cc6c(cc5F)OCO6)(CC3)CO4)c2n1.Cl. The van der Waals surface area contributed by atoms with Gasteiger partial charge in [0.25, 0.3) is 0 Å². The summed E-state index contributed by atoms with van der Waals surface area (Å²) < 4.78 is 51.5. The zero-order chi connectivity index (χ0) is 24.0. The van der Waals surface area contributed by atoms with E-state index in [1.807, 2.05) is 0 Å². The fourth-order valence-corrected chi connectivity index (χ4v) is 5.47. The first kappa shape index (κ1) is 24.9.